The molecule has 10 heteroatoms. The van der Waals surface area contributed by atoms with Gasteiger partial charge in [-0.1, -0.05) is 12.1 Å². The predicted octanol–water partition coefficient (Wildman–Crippen LogP) is 3.56. The molecule has 0 aliphatic carbocycles. The van der Waals surface area contributed by atoms with Gasteiger partial charge in [-0.25, -0.2) is 8.42 Å². The minimum Gasteiger partial charge on any atom is -0.492 e. The van der Waals surface area contributed by atoms with Crippen molar-refractivity contribution < 1.29 is 22.7 Å². The van der Waals surface area contributed by atoms with Crippen molar-refractivity contribution in [3.05, 3.63) is 42.5 Å². The van der Waals surface area contributed by atoms with Gasteiger partial charge in [-0.15, -0.1) is 11.8 Å². The molecule has 2 amide bonds. The number of fused-ring (bicyclic) bond motifs is 1. The Balaban J connectivity index is 1.50. The van der Waals surface area contributed by atoms with Gasteiger partial charge in [0.1, 0.15) is 5.75 Å². The zero-order valence-corrected chi connectivity index (χ0v) is 20.0. The van der Waals surface area contributed by atoms with Crippen LogP contribution in [0.1, 0.15) is 26.2 Å². The van der Waals surface area contributed by atoms with E-state index in [-0.39, 0.29) is 23.1 Å². The third-order valence-electron chi connectivity index (χ3n) is 5.64. The number of nitrogens with one attached hydrogen (secondary N) is 2. The normalized spacial score (nSPS) is 18.3. The van der Waals surface area contributed by atoms with Crippen molar-refractivity contribution >= 4 is 45.0 Å². The predicted molar refractivity (Wildman–Crippen MR) is 128 cm³/mol. The summed E-state index contributed by atoms with van der Waals surface area (Å²) in [7, 11) is -3.91. The average molecular weight is 490 g/mol. The van der Waals surface area contributed by atoms with E-state index in [2.05, 4.69) is 10.0 Å². The molecule has 33 heavy (non-hydrogen) atoms. The minimum atomic E-state index is -3.91. The minimum absolute atomic E-state index is 0.000337. The molecule has 0 radical (unpaired) electrons. The highest BCUT2D eigenvalue weighted by atomic mass is 32.2. The number of carbonyl (C=O) groups is 2. The van der Waals surface area contributed by atoms with Crippen LogP contribution in [0, 0.1) is 5.92 Å². The fraction of sp³-hybridized carbons (Fsp3) is 0.391. The van der Waals surface area contributed by atoms with E-state index in [1.54, 1.807) is 30.3 Å². The molecule has 1 unspecified atom stereocenters. The van der Waals surface area contributed by atoms with Gasteiger partial charge < -0.3 is 15.0 Å². The molecule has 1 fully saturated rings. The fourth-order valence-electron chi connectivity index (χ4n) is 3.89. The molecule has 0 bridgehead atoms. The first-order chi connectivity index (χ1) is 15.9. The summed E-state index contributed by atoms with van der Waals surface area (Å²) in [6.45, 7) is 3.73. The van der Waals surface area contributed by atoms with Gasteiger partial charge in [0.15, 0.2) is 0 Å². The Morgan fingerprint density at radius 3 is 2.73 bits per heavy atom. The summed E-state index contributed by atoms with van der Waals surface area (Å²) in [6, 6.07) is 11.5. The van der Waals surface area contributed by atoms with Gasteiger partial charge in [0.05, 0.1) is 28.8 Å². The number of ether oxygens (including phenoxy) is 1. The van der Waals surface area contributed by atoms with Gasteiger partial charge in [0.2, 0.25) is 11.8 Å². The number of thioether (sulfide) groups is 1. The van der Waals surface area contributed by atoms with Crippen molar-refractivity contribution in [2.45, 2.75) is 36.0 Å². The van der Waals surface area contributed by atoms with E-state index in [1.165, 1.54) is 23.9 Å². The highest BCUT2D eigenvalue weighted by Crippen LogP contribution is 2.36. The summed E-state index contributed by atoms with van der Waals surface area (Å²) >= 11 is 1.45. The summed E-state index contributed by atoms with van der Waals surface area (Å²) in [5.74, 6) is 0.168. The summed E-state index contributed by atoms with van der Waals surface area (Å²) in [5, 5.41) is 2.83. The lowest BCUT2D eigenvalue weighted by Gasteiger charge is -2.18. The van der Waals surface area contributed by atoms with Crippen LogP contribution >= 0.6 is 11.8 Å². The molecule has 4 rings (SSSR count). The van der Waals surface area contributed by atoms with Crippen LogP contribution in [0.4, 0.5) is 11.4 Å². The Morgan fingerprint density at radius 2 is 1.97 bits per heavy atom. The molecule has 2 aromatic carbocycles. The van der Waals surface area contributed by atoms with Gasteiger partial charge in [0.25, 0.3) is 10.0 Å². The highest BCUT2D eigenvalue weighted by Gasteiger charge is 2.30. The molecule has 2 aliphatic heterocycles. The van der Waals surface area contributed by atoms with Crippen LogP contribution in [-0.4, -0.2) is 50.6 Å². The third kappa shape index (κ3) is 5.44. The molecule has 2 aliphatic rings. The monoisotopic (exact) mass is 489 g/mol. The lowest BCUT2D eigenvalue weighted by Crippen LogP contribution is -2.33. The fourth-order valence-corrected chi connectivity index (χ4v) is 6.07. The van der Waals surface area contributed by atoms with Crippen LogP contribution in [0.2, 0.25) is 0 Å². The quantitative estimate of drug-likeness (QED) is 0.616. The number of carbonyl (C=O) groups excluding carboxylic acids is 2. The van der Waals surface area contributed by atoms with Crippen LogP contribution in [-0.2, 0) is 19.6 Å². The number of sulfonamides is 1. The van der Waals surface area contributed by atoms with E-state index >= 15 is 0 Å². The molecule has 0 aromatic heterocycles. The number of rotatable bonds is 7. The topological polar surface area (TPSA) is 105 Å². The largest absolute Gasteiger partial charge is 0.492 e. The van der Waals surface area contributed by atoms with E-state index in [0.717, 1.165) is 30.8 Å². The Morgan fingerprint density at radius 1 is 1.21 bits per heavy atom. The van der Waals surface area contributed by atoms with Crippen molar-refractivity contribution in [2.24, 2.45) is 5.92 Å². The maximum Gasteiger partial charge on any atom is 0.262 e. The number of likely N-dealkylation sites (tertiary alicyclic amines) is 1. The summed E-state index contributed by atoms with van der Waals surface area (Å²) in [5.41, 5.74) is 0.773. The summed E-state index contributed by atoms with van der Waals surface area (Å²) < 4.78 is 34.1. The Labute approximate surface area is 198 Å². The standard InChI is InChI=1S/C23H27N3O5S2/c1-2-31-20-8-4-3-7-18(20)25-33(29,30)17-9-10-21-19(14-17)24-23(28)16(15-32-21)13-22(27)26-11-5-6-12-26/h3-4,7-10,14,16,25H,2,5-6,11-13,15H2,1H3,(H,24,28). The Kier molecular flexibility index (Phi) is 7.14. The lowest BCUT2D eigenvalue weighted by atomic mass is 10.1. The molecular formula is C23H27N3O5S2. The zero-order chi connectivity index (χ0) is 23.4. The van der Waals surface area contributed by atoms with Gasteiger partial charge >= 0.3 is 0 Å². The van der Waals surface area contributed by atoms with Crippen LogP contribution in [0.5, 0.6) is 5.75 Å². The van der Waals surface area contributed by atoms with Crippen molar-refractivity contribution in [3.8, 4) is 5.75 Å². The van der Waals surface area contributed by atoms with Crippen LogP contribution in [0.25, 0.3) is 0 Å². The second-order valence-corrected chi connectivity index (χ2v) is 10.7. The molecule has 1 atom stereocenters. The lowest BCUT2D eigenvalue weighted by molar-refractivity contribution is -0.133. The van der Waals surface area contributed by atoms with Gasteiger partial charge in [-0.3, -0.25) is 14.3 Å². The molecule has 1 saturated heterocycles. The number of amides is 2. The molecule has 176 valence electrons. The van der Waals surface area contributed by atoms with Crippen molar-refractivity contribution in [3.63, 3.8) is 0 Å². The van der Waals surface area contributed by atoms with Gasteiger partial charge in [-0.05, 0) is 50.1 Å². The van der Waals surface area contributed by atoms with E-state index < -0.39 is 15.9 Å². The van der Waals surface area contributed by atoms with Crippen LogP contribution < -0.4 is 14.8 Å². The van der Waals surface area contributed by atoms with E-state index in [0.29, 0.717) is 29.5 Å². The summed E-state index contributed by atoms with van der Waals surface area (Å²) in [6.07, 6.45) is 2.17. The Hall–Kier alpha value is -2.72. The number of nitrogens with zero attached hydrogens (tertiary/aromatic N) is 1. The molecule has 8 nitrogen and oxygen atoms in total. The first-order valence-electron chi connectivity index (χ1n) is 11.0. The van der Waals surface area contributed by atoms with Gasteiger partial charge in [0, 0.05) is 30.2 Å². The molecule has 0 saturated carbocycles. The third-order valence-corrected chi connectivity index (χ3v) is 8.24. The van der Waals surface area contributed by atoms with E-state index in [1.807, 2.05) is 11.8 Å². The van der Waals surface area contributed by atoms with Crippen LogP contribution in [0.15, 0.2) is 52.3 Å². The number of hydrogen-bond donors (Lipinski definition) is 2. The number of para-hydroxylation sites is 2. The van der Waals surface area contributed by atoms with E-state index in [9.17, 15) is 18.0 Å². The van der Waals surface area contributed by atoms with Crippen molar-refractivity contribution in [2.75, 3.05) is 35.5 Å². The van der Waals surface area contributed by atoms with Gasteiger partial charge in [-0.2, -0.15) is 0 Å². The smallest absolute Gasteiger partial charge is 0.262 e. The Bertz CT molecular complexity index is 1150. The molecule has 2 heterocycles. The van der Waals surface area contributed by atoms with E-state index in [4.69, 9.17) is 4.74 Å². The molecule has 2 aromatic rings. The maximum atomic E-state index is 13.0. The maximum absolute atomic E-state index is 13.0. The summed E-state index contributed by atoms with van der Waals surface area (Å²) in [4.78, 5) is 27.9. The highest BCUT2D eigenvalue weighted by molar-refractivity contribution is 7.99. The number of benzene rings is 2. The number of hydrogen-bond acceptors (Lipinski definition) is 6. The first kappa shape index (κ1) is 23.4. The second-order valence-electron chi connectivity index (χ2n) is 7.98. The van der Waals surface area contributed by atoms with Crippen LogP contribution in [0.3, 0.4) is 0 Å². The molecule has 0 spiro atoms. The average Bonchev–Trinajstić information content (AvgIpc) is 3.28. The zero-order valence-electron chi connectivity index (χ0n) is 18.4. The SMILES string of the molecule is CCOc1ccccc1NS(=O)(=O)c1ccc2c(c1)NC(=O)C(CC(=O)N1CCCC1)CS2. The van der Waals surface area contributed by atoms with Crippen molar-refractivity contribution in [1.82, 2.24) is 4.90 Å². The second kappa shape index (κ2) is 10.0. The molecule has 2 N–H and O–H groups in total. The first-order valence-corrected chi connectivity index (χ1v) is 13.4. The molecular weight excluding hydrogens is 462 g/mol. The number of anilines is 2. The van der Waals surface area contributed by atoms with Crippen molar-refractivity contribution in [1.29, 1.82) is 0 Å².